The second-order valence-corrected chi connectivity index (χ2v) is 11.2. The molecule has 6 nitrogen and oxygen atoms in total. The van der Waals surface area contributed by atoms with E-state index in [-0.39, 0.29) is 4.90 Å². The fourth-order valence-corrected chi connectivity index (χ4v) is 6.95. The van der Waals surface area contributed by atoms with E-state index in [0.717, 1.165) is 23.7 Å². The number of hydrogen-bond acceptors (Lipinski definition) is 7. The van der Waals surface area contributed by atoms with Crippen LogP contribution in [0.3, 0.4) is 0 Å². The van der Waals surface area contributed by atoms with Gasteiger partial charge >= 0.3 is 0 Å². The van der Waals surface area contributed by atoms with Crippen LogP contribution in [0.2, 0.25) is 0 Å². The van der Waals surface area contributed by atoms with E-state index in [2.05, 4.69) is 41.5 Å². The van der Waals surface area contributed by atoms with Crippen molar-refractivity contribution in [3.8, 4) is 11.5 Å². The summed E-state index contributed by atoms with van der Waals surface area (Å²) >= 11 is 1.63. The van der Waals surface area contributed by atoms with Crippen LogP contribution in [0.15, 0.2) is 52.7 Å². The van der Waals surface area contributed by atoms with Crippen LogP contribution < -0.4 is 14.4 Å². The van der Waals surface area contributed by atoms with Gasteiger partial charge in [-0.2, -0.15) is 0 Å². The van der Waals surface area contributed by atoms with Gasteiger partial charge in [0.25, 0.3) is 0 Å². The maximum Gasteiger partial charge on any atom is 0.185 e. The number of methoxy groups -OCH3 is 2. The third-order valence-corrected chi connectivity index (χ3v) is 9.42. The zero-order chi connectivity index (χ0) is 23.4. The quantitative estimate of drug-likeness (QED) is 0.457. The Morgan fingerprint density at radius 3 is 2.36 bits per heavy atom. The summed E-state index contributed by atoms with van der Waals surface area (Å²) in [5, 5.41) is 2.61. The first kappa shape index (κ1) is 23.6. The zero-order valence-corrected chi connectivity index (χ0v) is 20.9. The molecule has 1 saturated heterocycles. The molecule has 176 valence electrons. The van der Waals surface area contributed by atoms with E-state index in [1.165, 1.54) is 25.3 Å². The molecule has 0 aliphatic carbocycles. The van der Waals surface area contributed by atoms with E-state index in [0.29, 0.717) is 37.4 Å². The second-order valence-electron chi connectivity index (χ2n) is 8.22. The fourth-order valence-electron chi connectivity index (χ4n) is 4.17. The number of piperidine rings is 1. The minimum Gasteiger partial charge on any atom is -0.497 e. The summed E-state index contributed by atoms with van der Waals surface area (Å²) in [6.07, 6.45) is 2.95. The minimum atomic E-state index is -3.53. The molecule has 4 rings (SSSR count). The van der Waals surface area contributed by atoms with Crippen molar-refractivity contribution in [2.75, 3.05) is 32.2 Å². The van der Waals surface area contributed by atoms with Gasteiger partial charge in [-0.05, 0) is 42.5 Å². The maximum absolute atomic E-state index is 13.4. The largest absolute Gasteiger partial charge is 0.497 e. The van der Waals surface area contributed by atoms with Crippen LogP contribution in [0.25, 0.3) is 0 Å². The van der Waals surface area contributed by atoms with Crippen LogP contribution in [0.4, 0.5) is 5.13 Å². The highest BCUT2D eigenvalue weighted by molar-refractivity contribution is 7.92. The van der Waals surface area contributed by atoms with Gasteiger partial charge in [0.15, 0.2) is 15.0 Å². The van der Waals surface area contributed by atoms with Gasteiger partial charge in [0.2, 0.25) is 0 Å². The molecular weight excluding hydrogens is 456 g/mol. The van der Waals surface area contributed by atoms with Crippen molar-refractivity contribution in [3.05, 3.63) is 64.7 Å². The van der Waals surface area contributed by atoms with Crippen LogP contribution in [-0.4, -0.2) is 46.0 Å². The third kappa shape index (κ3) is 5.17. The highest BCUT2D eigenvalue weighted by Crippen LogP contribution is 2.35. The molecule has 1 fully saturated rings. The first-order valence-corrected chi connectivity index (χ1v) is 13.6. The number of aryl methyl sites for hydroxylation is 1. The van der Waals surface area contributed by atoms with Gasteiger partial charge in [-0.1, -0.05) is 31.2 Å². The van der Waals surface area contributed by atoms with Crippen LogP contribution in [-0.2, 0) is 22.7 Å². The molecule has 0 saturated carbocycles. The standard InChI is InChI=1S/C25H30N2O4S2/c1-4-18-5-7-19(8-6-18)15-20-17-32-25(26-20)27-13-11-22(12-14-27)33(28,29)24-16-21(30-2)9-10-23(24)31-3/h5-10,16-17,22H,4,11-15H2,1-3H3. The topological polar surface area (TPSA) is 68.7 Å². The molecule has 0 N–H and O–H groups in total. The molecular formula is C25H30N2O4S2. The van der Waals surface area contributed by atoms with E-state index >= 15 is 0 Å². The molecule has 2 heterocycles. The van der Waals surface area contributed by atoms with Gasteiger partial charge in [-0.15, -0.1) is 11.3 Å². The van der Waals surface area contributed by atoms with Crippen LogP contribution >= 0.6 is 11.3 Å². The van der Waals surface area contributed by atoms with Crippen molar-refractivity contribution in [1.29, 1.82) is 0 Å². The summed E-state index contributed by atoms with van der Waals surface area (Å²) < 4.78 is 37.3. The van der Waals surface area contributed by atoms with E-state index in [1.54, 1.807) is 29.5 Å². The van der Waals surface area contributed by atoms with Crippen molar-refractivity contribution in [1.82, 2.24) is 4.98 Å². The second kappa shape index (κ2) is 10.1. The van der Waals surface area contributed by atoms with Gasteiger partial charge in [0.1, 0.15) is 16.4 Å². The first-order valence-electron chi connectivity index (χ1n) is 11.2. The molecule has 0 bridgehead atoms. The summed E-state index contributed by atoms with van der Waals surface area (Å²) in [4.78, 5) is 7.23. The molecule has 2 aromatic carbocycles. The maximum atomic E-state index is 13.4. The molecule has 33 heavy (non-hydrogen) atoms. The van der Waals surface area contributed by atoms with Gasteiger partial charge in [-0.25, -0.2) is 13.4 Å². The van der Waals surface area contributed by atoms with Crippen molar-refractivity contribution >= 4 is 26.3 Å². The van der Waals surface area contributed by atoms with Crippen LogP contribution in [0.5, 0.6) is 11.5 Å². The summed E-state index contributed by atoms with van der Waals surface area (Å²) in [5.41, 5.74) is 3.64. The zero-order valence-electron chi connectivity index (χ0n) is 19.3. The fraction of sp³-hybridized carbons (Fsp3) is 0.400. The summed E-state index contributed by atoms with van der Waals surface area (Å²) in [5.74, 6) is 0.862. The number of rotatable bonds is 8. The lowest BCUT2D eigenvalue weighted by Gasteiger charge is -2.31. The van der Waals surface area contributed by atoms with E-state index in [1.807, 2.05) is 0 Å². The lowest BCUT2D eigenvalue weighted by Crippen LogP contribution is -2.39. The van der Waals surface area contributed by atoms with Crippen LogP contribution in [0.1, 0.15) is 36.6 Å². The number of ether oxygens (including phenoxy) is 2. The molecule has 0 spiro atoms. The molecule has 1 aliphatic rings. The number of benzene rings is 2. The Morgan fingerprint density at radius 2 is 1.73 bits per heavy atom. The smallest absolute Gasteiger partial charge is 0.185 e. The Morgan fingerprint density at radius 1 is 1.03 bits per heavy atom. The number of thiazole rings is 1. The number of nitrogens with zero attached hydrogens (tertiary/aromatic N) is 2. The lowest BCUT2D eigenvalue weighted by molar-refractivity contribution is 0.391. The van der Waals surface area contributed by atoms with Gasteiger partial charge < -0.3 is 14.4 Å². The monoisotopic (exact) mass is 486 g/mol. The predicted octanol–water partition coefficient (Wildman–Crippen LogP) is 4.76. The molecule has 3 aromatic rings. The first-order chi connectivity index (χ1) is 15.9. The number of aromatic nitrogens is 1. The van der Waals surface area contributed by atoms with Crippen molar-refractivity contribution < 1.29 is 17.9 Å². The van der Waals surface area contributed by atoms with Crippen molar-refractivity contribution in [2.24, 2.45) is 0 Å². The predicted molar refractivity (Wildman–Crippen MR) is 133 cm³/mol. The average Bonchev–Trinajstić information content (AvgIpc) is 3.32. The van der Waals surface area contributed by atoms with Gasteiger partial charge in [0, 0.05) is 31.0 Å². The van der Waals surface area contributed by atoms with Gasteiger partial charge in [0.05, 0.1) is 25.2 Å². The Bertz CT molecular complexity index is 1180. The molecule has 8 heteroatoms. The van der Waals surface area contributed by atoms with Crippen molar-refractivity contribution in [3.63, 3.8) is 0 Å². The number of sulfone groups is 1. The Balaban J connectivity index is 1.42. The summed E-state index contributed by atoms with van der Waals surface area (Å²) in [6.45, 7) is 3.48. The Labute approximate surface area is 200 Å². The lowest BCUT2D eigenvalue weighted by atomic mass is 10.1. The number of anilines is 1. The SMILES string of the molecule is CCc1ccc(Cc2csc(N3CCC(S(=O)(=O)c4cc(OC)ccc4OC)CC3)n2)cc1. The molecule has 1 aliphatic heterocycles. The van der Waals surface area contributed by atoms with E-state index < -0.39 is 15.1 Å². The molecule has 0 unspecified atom stereocenters. The Kier molecular flexibility index (Phi) is 7.24. The molecule has 1 aromatic heterocycles. The minimum absolute atomic E-state index is 0.202. The molecule has 0 atom stereocenters. The van der Waals surface area contributed by atoms with E-state index in [4.69, 9.17) is 14.5 Å². The van der Waals surface area contributed by atoms with Gasteiger partial charge in [-0.3, -0.25) is 0 Å². The Hall–Kier alpha value is -2.58. The van der Waals surface area contributed by atoms with E-state index in [9.17, 15) is 8.42 Å². The normalized spacial score (nSPS) is 14.9. The summed E-state index contributed by atoms with van der Waals surface area (Å²) in [7, 11) is -0.518. The van der Waals surface area contributed by atoms with Crippen LogP contribution in [0, 0.1) is 0 Å². The highest BCUT2D eigenvalue weighted by Gasteiger charge is 2.34. The average molecular weight is 487 g/mol. The third-order valence-electron chi connectivity index (χ3n) is 6.18. The molecule has 0 amide bonds. The molecule has 0 radical (unpaired) electrons. The summed E-state index contributed by atoms with van der Waals surface area (Å²) in [6, 6.07) is 13.6. The number of hydrogen-bond donors (Lipinski definition) is 0. The highest BCUT2D eigenvalue weighted by atomic mass is 32.2. The van der Waals surface area contributed by atoms with Crippen molar-refractivity contribution in [2.45, 2.75) is 42.8 Å².